The van der Waals surface area contributed by atoms with Gasteiger partial charge >= 0.3 is 5.97 Å². The van der Waals surface area contributed by atoms with Crippen LogP contribution in [0.15, 0.2) is 24.3 Å². The lowest BCUT2D eigenvalue weighted by Gasteiger charge is -2.29. The first kappa shape index (κ1) is 15.6. The smallest absolute Gasteiger partial charge is 0.320 e. The lowest BCUT2D eigenvalue weighted by atomic mass is 9.73. The monoisotopic (exact) mass is 240 g/mol. The van der Waals surface area contributed by atoms with E-state index >= 15 is 0 Å². The van der Waals surface area contributed by atoms with Gasteiger partial charge in [0.1, 0.15) is 12.0 Å². The standard InChI is InChI=1S/C13H20O4/c1-9(2)6-13(7-10(3)4,11(15)8-14)12(16)17-5/h14H,1,3,6-8H2,2,4-5H3. The van der Waals surface area contributed by atoms with E-state index < -0.39 is 23.8 Å². The Morgan fingerprint density at radius 3 is 1.82 bits per heavy atom. The lowest BCUT2D eigenvalue weighted by Crippen LogP contribution is -2.42. The van der Waals surface area contributed by atoms with Crippen molar-refractivity contribution < 1.29 is 19.4 Å². The molecule has 0 atom stereocenters. The number of hydrogen-bond donors (Lipinski definition) is 1. The predicted molar refractivity (Wildman–Crippen MR) is 65.4 cm³/mol. The summed E-state index contributed by atoms with van der Waals surface area (Å²) in [4.78, 5) is 23.7. The molecule has 0 saturated heterocycles. The van der Waals surface area contributed by atoms with Gasteiger partial charge in [-0.2, -0.15) is 0 Å². The van der Waals surface area contributed by atoms with E-state index in [-0.39, 0.29) is 12.8 Å². The molecule has 0 bridgehead atoms. The van der Waals surface area contributed by atoms with Crippen LogP contribution in [0, 0.1) is 5.41 Å². The van der Waals surface area contributed by atoms with Crippen LogP contribution in [-0.4, -0.2) is 30.6 Å². The van der Waals surface area contributed by atoms with Gasteiger partial charge in [-0.1, -0.05) is 11.1 Å². The van der Waals surface area contributed by atoms with Gasteiger partial charge < -0.3 is 9.84 Å². The zero-order valence-corrected chi connectivity index (χ0v) is 10.7. The Bertz CT molecular complexity index is 307. The molecular formula is C13H20O4. The van der Waals surface area contributed by atoms with Gasteiger partial charge in [0.25, 0.3) is 0 Å². The molecule has 0 rings (SSSR count). The summed E-state index contributed by atoms with van der Waals surface area (Å²) in [5.74, 6) is -1.21. The van der Waals surface area contributed by atoms with Crippen molar-refractivity contribution in [1.82, 2.24) is 0 Å². The van der Waals surface area contributed by atoms with Crippen molar-refractivity contribution in [3.8, 4) is 0 Å². The lowest BCUT2D eigenvalue weighted by molar-refractivity contribution is -0.159. The first-order valence-corrected chi connectivity index (χ1v) is 5.31. The first-order valence-electron chi connectivity index (χ1n) is 5.31. The average molecular weight is 240 g/mol. The molecule has 4 heteroatoms. The van der Waals surface area contributed by atoms with Crippen molar-refractivity contribution in [2.24, 2.45) is 5.41 Å². The Hall–Kier alpha value is -1.42. The number of ether oxygens (including phenoxy) is 1. The van der Waals surface area contributed by atoms with Gasteiger partial charge in [-0.05, 0) is 26.7 Å². The van der Waals surface area contributed by atoms with Crippen LogP contribution in [0.3, 0.4) is 0 Å². The normalized spacial score (nSPS) is 10.8. The number of carbonyl (C=O) groups is 2. The number of carbonyl (C=O) groups excluding carboxylic acids is 2. The first-order chi connectivity index (χ1) is 7.80. The molecule has 0 aliphatic heterocycles. The molecule has 0 spiro atoms. The summed E-state index contributed by atoms with van der Waals surface area (Å²) in [6.45, 7) is 10.2. The van der Waals surface area contributed by atoms with Crippen molar-refractivity contribution >= 4 is 11.8 Å². The van der Waals surface area contributed by atoms with E-state index in [2.05, 4.69) is 17.9 Å². The SMILES string of the molecule is C=C(C)CC(CC(=C)C)(C(=O)CO)C(=O)OC. The molecule has 0 fully saturated rings. The number of ketones is 1. The number of hydrogen-bond acceptors (Lipinski definition) is 4. The zero-order chi connectivity index (χ0) is 13.6. The van der Waals surface area contributed by atoms with E-state index in [1.165, 1.54) is 7.11 Å². The topological polar surface area (TPSA) is 63.6 Å². The minimum atomic E-state index is -1.39. The Morgan fingerprint density at radius 1 is 1.18 bits per heavy atom. The molecule has 1 N–H and O–H groups in total. The van der Waals surface area contributed by atoms with E-state index in [4.69, 9.17) is 5.11 Å². The average Bonchev–Trinajstić information content (AvgIpc) is 2.24. The number of aliphatic hydroxyl groups is 1. The maximum atomic E-state index is 11.9. The Morgan fingerprint density at radius 2 is 1.59 bits per heavy atom. The molecule has 17 heavy (non-hydrogen) atoms. The molecular weight excluding hydrogens is 220 g/mol. The van der Waals surface area contributed by atoms with Crippen LogP contribution in [0.25, 0.3) is 0 Å². The molecule has 0 amide bonds. The molecule has 0 aromatic heterocycles. The molecule has 0 saturated carbocycles. The second-order valence-corrected chi connectivity index (χ2v) is 4.42. The highest BCUT2D eigenvalue weighted by Crippen LogP contribution is 2.35. The van der Waals surface area contributed by atoms with Gasteiger partial charge in [0.15, 0.2) is 5.78 Å². The largest absolute Gasteiger partial charge is 0.468 e. The second-order valence-electron chi connectivity index (χ2n) is 4.42. The predicted octanol–water partition coefficient (Wildman–Crippen LogP) is 1.64. The molecule has 0 aromatic carbocycles. The summed E-state index contributed by atoms with van der Waals surface area (Å²) in [5.41, 5.74) is -0.0295. The minimum absolute atomic E-state index is 0.159. The van der Waals surface area contributed by atoms with Crippen LogP contribution in [0.1, 0.15) is 26.7 Å². The summed E-state index contributed by atoms with van der Waals surface area (Å²) < 4.78 is 4.69. The fraction of sp³-hybridized carbons (Fsp3) is 0.538. The summed E-state index contributed by atoms with van der Waals surface area (Å²) >= 11 is 0. The van der Waals surface area contributed by atoms with Crippen molar-refractivity contribution in [2.45, 2.75) is 26.7 Å². The highest BCUT2D eigenvalue weighted by atomic mass is 16.5. The van der Waals surface area contributed by atoms with Crippen molar-refractivity contribution in [2.75, 3.05) is 13.7 Å². The van der Waals surface area contributed by atoms with Crippen LogP contribution in [0.5, 0.6) is 0 Å². The van der Waals surface area contributed by atoms with Crippen LogP contribution in [0.4, 0.5) is 0 Å². The van der Waals surface area contributed by atoms with Gasteiger partial charge in [0, 0.05) is 0 Å². The van der Waals surface area contributed by atoms with Gasteiger partial charge in [-0.3, -0.25) is 9.59 Å². The number of allylic oxidation sites excluding steroid dienone is 2. The van der Waals surface area contributed by atoms with E-state index in [0.717, 1.165) is 0 Å². The Kier molecular flexibility index (Phi) is 5.82. The quantitative estimate of drug-likeness (QED) is 0.417. The molecule has 96 valence electrons. The zero-order valence-electron chi connectivity index (χ0n) is 10.7. The van der Waals surface area contributed by atoms with Crippen LogP contribution in [-0.2, 0) is 14.3 Å². The Labute approximate surface area is 102 Å². The Balaban J connectivity index is 5.50. The van der Waals surface area contributed by atoms with Gasteiger partial charge in [-0.25, -0.2) is 0 Å². The summed E-state index contributed by atoms with van der Waals surface area (Å²) in [5, 5.41) is 9.02. The highest BCUT2D eigenvalue weighted by molar-refractivity contribution is 6.04. The third-order valence-electron chi connectivity index (χ3n) is 2.46. The van der Waals surface area contributed by atoms with E-state index in [1.54, 1.807) is 13.8 Å². The third-order valence-corrected chi connectivity index (χ3v) is 2.46. The van der Waals surface area contributed by atoms with E-state index in [1.807, 2.05) is 0 Å². The number of methoxy groups -OCH3 is 1. The number of Topliss-reactive ketones (excluding diaryl/α,β-unsaturated/α-hetero) is 1. The maximum absolute atomic E-state index is 11.9. The van der Waals surface area contributed by atoms with Crippen molar-refractivity contribution in [1.29, 1.82) is 0 Å². The molecule has 4 nitrogen and oxygen atoms in total. The van der Waals surface area contributed by atoms with Crippen molar-refractivity contribution in [3.05, 3.63) is 24.3 Å². The molecule has 0 aliphatic rings. The highest BCUT2D eigenvalue weighted by Gasteiger charge is 2.45. The fourth-order valence-corrected chi connectivity index (χ4v) is 1.89. The fourth-order valence-electron chi connectivity index (χ4n) is 1.89. The minimum Gasteiger partial charge on any atom is -0.468 e. The molecule has 0 unspecified atom stereocenters. The summed E-state index contributed by atoms with van der Waals surface area (Å²) in [6.07, 6.45) is 0.317. The second kappa shape index (κ2) is 6.35. The van der Waals surface area contributed by atoms with Crippen LogP contribution in [0.2, 0.25) is 0 Å². The van der Waals surface area contributed by atoms with Crippen LogP contribution < -0.4 is 0 Å². The number of rotatable bonds is 7. The summed E-state index contributed by atoms with van der Waals surface area (Å²) in [7, 11) is 1.22. The van der Waals surface area contributed by atoms with Gasteiger partial charge in [0.2, 0.25) is 0 Å². The molecule has 0 radical (unpaired) electrons. The van der Waals surface area contributed by atoms with E-state index in [9.17, 15) is 9.59 Å². The number of aliphatic hydroxyl groups excluding tert-OH is 1. The number of esters is 1. The molecule has 0 aliphatic carbocycles. The van der Waals surface area contributed by atoms with Crippen LogP contribution >= 0.6 is 0 Å². The summed E-state index contributed by atoms with van der Waals surface area (Å²) in [6, 6.07) is 0. The van der Waals surface area contributed by atoms with Gasteiger partial charge in [-0.15, -0.1) is 13.2 Å². The van der Waals surface area contributed by atoms with Crippen molar-refractivity contribution in [3.63, 3.8) is 0 Å². The maximum Gasteiger partial charge on any atom is 0.320 e. The molecule has 0 heterocycles. The van der Waals surface area contributed by atoms with Gasteiger partial charge in [0.05, 0.1) is 7.11 Å². The third kappa shape index (κ3) is 3.82. The molecule has 0 aromatic rings. The van der Waals surface area contributed by atoms with E-state index in [0.29, 0.717) is 11.1 Å².